The number of phosphoric ester groups is 1. The van der Waals surface area contributed by atoms with E-state index in [0.29, 0.717) is 23.9 Å². The summed E-state index contributed by atoms with van der Waals surface area (Å²) in [6, 6.07) is -0.798. The molecule has 0 radical (unpaired) electrons. The average Bonchev–Trinajstić information content (AvgIpc) is 3.06. The molecule has 1 amide bonds. The Hall–Kier alpha value is -0.760. The normalized spacial score (nSPS) is 14.6. The zero-order chi connectivity index (χ0) is 37.2. The number of nitrogens with one attached hydrogen (secondary N) is 1. The van der Waals surface area contributed by atoms with Crippen LogP contribution in [0.3, 0.4) is 0 Å². The van der Waals surface area contributed by atoms with Gasteiger partial charge >= 0.3 is 0 Å². The van der Waals surface area contributed by atoms with Gasteiger partial charge in [0.15, 0.2) is 0 Å². The molecule has 8 nitrogen and oxygen atoms in total. The van der Waals surface area contributed by atoms with Crippen LogP contribution in [0.5, 0.6) is 0 Å². The summed E-state index contributed by atoms with van der Waals surface area (Å²) in [5.41, 5.74) is 0. The van der Waals surface area contributed by atoms with Gasteiger partial charge < -0.3 is 28.8 Å². The van der Waals surface area contributed by atoms with E-state index in [0.717, 1.165) is 51.4 Å². The van der Waals surface area contributed by atoms with E-state index in [1.807, 2.05) is 21.1 Å². The number of hydrogen-bond acceptors (Lipinski definition) is 6. The third-order valence-corrected chi connectivity index (χ3v) is 10.5. The smallest absolute Gasteiger partial charge is 0.268 e. The number of carbonyl (C=O) groups is 1. The van der Waals surface area contributed by atoms with Crippen molar-refractivity contribution < 1.29 is 32.9 Å². The number of unbranched alkanes of at least 4 members (excludes halogenated alkanes) is 23. The van der Waals surface area contributed by atoms with Crippen molar-refractivity contribution in [1.29, 1.82) is 0 Å². The minimum absolute atomic E-state index is 0.0120. The molecule has 3 unspecified atom stereocenters. The van der Waals surface area contributed by atoms with Crippen LogP contribution in [0, 0.1) is 0 Å². The van der Waals surface area contributed by atoms with Crippen LogP contribution in [-0.2, 0) is 18.4 Å². The van der Waals surface area contributed by atoms with Crippen molar-refractivity contribution in [3.63, 3.8) is 0 Å². The Balaban J connectivity index is 4.34. The number of carbonyl (C=O) groups excluding carboxylic acids is 1. The maximum Gasteiger partial charge on any atom is 0.268 e. The number of nitrogens with zero attached hydrogens (tertiary/aromatic N) is 1. The van der Waals surface area contributed by atoms with Crippen molar-refractivity contribution in [1.82, 2.24) is 5.32 Å². The Morgan fingerprint density at radius 1 is 0.680 bits per heavy atom. The monoisotopic (exact) mass is 731 g/mol. The van der Waals surface area contributed by atoms with Crippen LogP contribution in [-0.4, -0.2) is 68.5 Å². The quantitative estimate of drug-likeness (QED) is 0.0283. The van der Waals surface area contributed by atoms with Crippen molar-refractivity contribution in [2.45, 2.75) is 206 Å². The molecule has 0 bridgehead atoms. The molecule has 0 aromatic heterocycles. The number of hydrogen-bond donors (Lipinski definition) is 2. The summed E-state index contributed by atoms with van der Waals surface area (Å²) >= 11 is 0. The fourth-order valence-corrected chi connectivity index (χ4v) is 6.81. The number of likely N-dealkylation sites (N-methyl/N-ethyl adjacent to an activating group) is 1. The minimum Gasteiger partial charge on any atom is -0.756 e. The van der Waals surface area contributed by atoms with E-state index < -0.39 is 20.0 Å². The topological polar surface area (TPSA) is 108 Å². The van der Waals surface area contributed by atoms with Crippen molar-refractivity contribution in [3.8, 4) is 0 Å². The highest BCUT2D eigenvalue weighted by molar-refractivity contribution is 7.45. The van der Waals surface area contributed by atoms with Crippen LogP contribution < -0.4 is 10.2 Å². The molecule has 0 fully saturated rings. The van der Waals surface area contributed by atoms with Gasteiger partial charge in [-0.05, 0) is 38.5 Å². The maximum atomic E-state index is 12.8. The van der Waals surface area contributed by atoms with Gasteiger partial charge in [-0.15, -0.1) is 0 Å². The summed E-state index contributed by atoms with van der Waals surface area (Å²) in [5, 5.41) is 13.8. The zero-order valence-electron chi connectivity index (χ0n) is 33.6. The first-order chi connectivity index (χ1) is 24.0. The highest BCUT2D eigenvalue weighted by Gasteiger charge is 2.24. The van der Waals surface area contributed by atoms with E-state index >= 15 is 0 Å². The summed E-state index contributed by atoms with van der Waals surface area (Å²) < 4.78 is 23.2. The molecule has 0 aromatic carbocycles. The molecule has 0 aliphatic heterocycles. The lowest BCUT2D eigenvalue weighted by Gasteiger charge is -2.30. The second-order valence-corrected chi connectivity index (χ2v) is 17.1. The Kier molecular flexibility index (Phi) is 33.5. The maximum absolute atomic E-state index is 12.8. The lowest BCUT2D eigenvalue weighted by molar-refractivity contribution is -0.870. The Labute approximate surface area is 310 Å². The number of aliphatic hydroxyl groups is 1. The number of quaternary nitrogens is 1. The van der Waals surface area contributed by atoms with Crippen LogP contribution in [0.2, 0.25) is 0 Å². The third kappa shape index (κ3) is 35.6. The highest BCUT2D eigenvalue weighted by atomic mass is 31.2. The Morgan fingerprint density at radius 2 is 1.10 bits per heavy atom. The average molecular weight is 731 g/mol. The summed E-state index contributed by atoms with van der Waals surface area (Å²) in [6.07, 6.45) is 36.4. The van der Waals surface area contributed by atoms with Gasteiger partial charge in [0.1, 0.15) is 13.2 Å². The van der Waals surface area contributed by atoms with Crippen LogP contribution >= 0.6 is 7.82 Å². The molecule has 3 atom stereocenters. The molecule has 0 aliphatic rings. The first-order valence-corrected chi connectivity index (χ1v) is 22.5. The number of allylic oxidation sites excluding steroid dienone is 2. The summed E-state index contributed by atoms with van der Waals surface area (Å²) in [7, 11) is 1.30. The van der Waals surface area contributed by atoms with E-state index in [1.54, 1.807) is 0 Å². The number of phosphoric acid groups is 1. The number of aliphatic hydroxyl groups excluding tert-OH is 1. The molecular weight excluding hydrogens is 647 g/mol. The lowest BCUT2D eigenvalue weighted by atomic mass is 10.0. The van der Waals surface area contributed by atoms with Gasteiger partial charge in [0.2, 0.25) is 5.91 Å². The van der Waals surface area contributed by atoms with Gasteiger partial charge in [-0.1, -0.05) is 161 Å². The van der Waals surface area contributed by atoms with E-state index in [4.69, 9.17) is 9.05 Å². The van der Waals surface area contributed by atoms with E-state index in [-0.39, 0.29) is 19.1 Å². The van der Waals surface area contributed by atoms with Crippen LogP contribution in [0.4, 0.5) is 0 Å². The lowest BCUT2D eigenvalue weighted by Crippen LogP contribution is -2.46. The second-order valence-electron chi connectivity index (χ2n) is 15.7. The largest absolute Gasteiger partial charge is 0.756 e. The second kappa shape index (κ2) is 34.0. The zero-order valence-corrected chi connectivity index (χ0v) is 34.5. The van der Waals surface area contributed by atoms with Gasteiger partial charge in [-0.25, -0.2) is 0 Å². The fourth-order valence-electron chi connectivity index (χ4n) is 6.09. The Bertz CT molecular complexity index is 834. The molecular formula is C41H83N2O6P. The molecule has 50 heavy (non-hydrogen) atoms. The standard InChI is InChI=1S/C41H83N2O6P/c1-6-8-10-12-14-16-18-19-20-21-22-23-24-25-27-29-31-33-35-41(45)42-39(38-49-50(46,47)48-37-36-43(3,4)5)40(44)34-32-30-28-26-17-15-13-11-9-7-2/h22-23,39-40,44H,6-21,24-38H2,1-5H3,(H-,42,45,46,47)/b23-22-. The van der Waals surface area contributed by atoms with Crippen LogP contribution in [0.1, 0.15) is 194 Å². The molecule has 0 aliphatic carbocycles. The Morgan fingerprint density at radius 3 is 1.56 bits per heavy atom. The molecule has 298 valence electrons. The van der Waals surface area contributed by atoms with Gasteiger partial charge in [0.25, 0.3) is 7.82 Å². The molecule has 0 saturated carbocycles. The van der Waals surface area contributed by atoms with Crippen LogP contribution in [0.15, 0.2) is 12.2 Å². The molecule has 0 saturated heterocycles. The predicted octanol–water partition coefficient (Wildman–Crippen LogP) is 10.6. The number of rotatable bonds is 38. The van der Waals surface area contributed by atoms with Crippen molar-refractivity contribution in [2.24, 2.45) is 0 Å². The summed E-state index contributed by atoms with van der Waals surface area (Å²) in [5.74, 6) is -0.174. The van der Waals surface area contributed by atoms with Crippen molar-refractivity contribution in [3.05, 3.63) is 12.2 Å². The van der Waals surface area contributed by atoms with Gasteiger partial charge in [-0.3, -0.25) is 9.36 Å². The van der Waals surface area contributed by atoms with E-state index in [1.165, 1.54) is 116 Å². The minimum atomic E-state index is -4.55. The summed E-state index contributed by atoms with van der Waals surface area (Å²) in [4.78, 5) is 25.2. The van der Waals surface area contributed by atoms with Crippen molar-refractivity contribution >= 4 is 13.7 Å². The molecule has 0 heterocycles. The predicted molar refractivity (Wildman–Crippen MR) is 210 cm³/mol. The van der Waals surface area contributed by atoms with Gasteiger partial charge in [0, 0.05) is 6.42 Å². The van der Waals surface area contributed by atoms with Crippen LogP contribution in [0.25, 0.3) is 0 Å². The van der Waals surface area contributed by atoms with Gasteiger partial charge in [-0.2, -0.15) is 0 Å². The highest BCUT2D eigenvalue weighted by Crippen LogP contribution is 2.38. The molecule has 0 aromatic rings. The fraction of sp³-hybridized carbons (Fsp3) is 0.927. The molecule has 2 N–H and O–H groups in total. The first kappa shape index (κ1) is 49.2. The van der Waals surface area contributed by atoms with Crippen molar-refractivity contribution in [2.75, 3.05) is 40.9 Å². The van der Waals surface area contributed by atoms with E-state index in [9.17, 15) is 19.4 Å². The molecule has 0 spiro atoms. The number of amides is 1. The van der Waals surface area contributed by atoms with E-state index in [2.05, 4.69) is 31.3 Å². The third-order valence-electron chi connectivity index (χ3n) is 9.50. The van der Waals surface area contributed by atoms with Gasteiger partial charge in [0.05, 0.1) is 39.9 Å². The molecule has 0 rings (SSSR count). The molecule has 9 heteroatoms. The summed E-state index contributed by atoms with van der Waals surface area (Å²) in [6.45, 7) is 4.69. The first-order valence-electron chi connectivity index (χ1n) is 21.0. The SMILES string of the molecule is CCCCCCCCCCC/C=C\CCCCCCCC(=O)NC(COP(=O)([O-])OCC[N+](C)(C)C)C(O)CCCCCCCCCCCC.